The van der Waals surface area contributed by atoms with Crippen LogP contribution in [0.15, 0.2) is 4.99 Å². The lowest BCUT2D eigenvalue weighted by atomic mass is 10.2. The number of alkyl carbamates (subject to hydrolysis) is 1. The second kappa shape index (κ2) is 8.78. The van der Waals surface area contributed by atoms with Crippen LogP contribution >= 0.6 is 0 Å². The number of nitrogens with one attached hydrogen (secondary N) is 1. The molecule has 0 radical (unpaired) electrons. The zero-order valence-electron chi connectivity index (χ0n) is 14.5. The Labute approximate surface area is 149 Å². The first kappa shape index (κ1) is 19.9. The third-order valence-corrected chi connectivity index (χ3v) is 3.71. The van der Waals surface area contributed by atoms with Crippen LogP contribution in [0.1, 0.15) is 20.3 Å². The number of aliphatic imine (C=N–C) groups is 1. The number of nitrogens with zero attached hydrogens (tertiary/aromatic N) is 3. The van der Waals surface area contributed by atoms with E-state index in [9.17, 15) is 19.5 Å². The summed E-state index contributed by atoms with van der Waals surface area (Å²) < 4.78 is 15.0. The standard InChI is InChI=1S/C14H22N4O8/c1-3-24-13(22)16-11-15-12(21)17(7-18(11)14(23)25-4-2)10-5-8(20)9(6-19)26-10/h8-10,19-20H,3-7H2,1-2H3,(H,15,16,21,22). The highest BCUT2D eigenvalue weighted by atomic mass is 16.6. The molecule has 0 saturated carbocycles. The molecule has 3 atom stereocenters. The van der Waals surface area contributed by atoms with Gasteiger partial charge in [-0.15, -0.1) is 0 Å². The maximum atomic E-state index is 12.3. The van der Waals surface area contributed by atoms with E-state index in [2.05, 4.69) is 10.3 Å². The van der Waals surface area contributed by atoms with Gasteiger partial charge in [0.1, 0.15) is 19.0 Å². The number of aliphatic hydroxyl groups excluding tert-OH is 2. The molecule has 2 rings (SSSR count). The molecule has 12 nitrogen and oxygen atoms in total. The number of rotatable bonds is 4. The molecular weight excluding hydrogens is 352 g/mol. The SMILES string of the molecule is CCOC(=O)NC1=NC(=O)N(C2CC(O)C(CO)O2)CN1C(=O)OCC. The number of amides is 4. The number of guanidine groups is 1. The van der Waals surface area contributed by atoms with Crippen molar-refractivity contribution in [1.29, 1.82) is 0 Å². The van der Waals surface area contributed by atoms with Crippen LogP contribution in [0.25, 0.3) is 0 Å². The van der Waals surface area contributed by atoms with Gasteiger partial charge in [-0.3, -0.25) is 10.2 Å². The molecule has 3 unspecified atom stereocenters. The molecule has 0 aliphatic carbocycles. The fourth-order valence-corrected chi connectivity index (χ4v) is 2.48. The quantitative estimate of drug-likeness (QED) is 0.591. The number of hydrogen-bond acceptors (Lipinski definition) is 8. The predicted molar refractivity (Wildman–Crippen MR) is 84.9 cm³/mol. The minimum atomic E-state index is -0.961. The highest BCUT2D eigenvalue weighted by molar-refractivity contribution is 6.06. The average molecular weight is 374 g/mol. The van der Waals surface area contributed by atoms with E-state index in [-0.39, 0.29) is 32.3 Å². The third kappa shape index (κ3) is 4.39. The van der Waals surface area contributed by atoms with E-state index >= 15 is 0 Å². The van der Waals surface area contributed by atoms with Crippen molar-refractivity contribution in [3.63, 3.8) is 0 Å². The second-order valence-electron chi connectivity index (χ2n) is 5.42. The van der Waals surface area contributed by atoms with Crippen molar-refractivity contribution in [3.8, 4) is 0 Å². The van der Waals surface area contributed by atoms with E-state index in [0.29, 0.717) is 0 Å². The average Bonchev–Trinajstić information content (AvgIpc) is 2.96. The summed E-state index contributed by atoms with van der Waals surface area (Å²) in [4.78, 5) is 41.8. The van der Waals surface area contributed by atoms with E-state index in [0.717, 1.165) is 9.80 Å². The van der Waals surface area contributed by atoms with Gasteiger partial charge in [-0.05, 0) is 13.8 Å². The van der Waals surface area contributed by atoms with Crippen molar-refractivity contribution in [3.05, 3.63) is 0 Å². The van der Waals surface area contributed by atoms with Gasteiger partial charge in [-0.1, -0.05) is 0 Å². The Balaban J connectivity index is 2.19. The Morgan fingerprint density at radius 2 is 2.04 bits per heavy atom. The molecule has 1 saturated heterocycles. The van der Waals surface area contributed by atoms with Gasteiger partial charge in [0.25, 0.3) is 0 Å². The Morgan fingerprint density at radius 1 is 1.35 bits per heavy atom. The molecule has 0 aromatic carbocycles. The van der Waals surface area contributed by atoms with Crippen LogP contribution in [0.3, 0.4) is 0 Å². The molecule has 0 aromatic heterocycles. The van der Waals surface area contributed by atoms with E-state index in [4.69, 9.17) is 19.3 Å². The van der Waals surface area contributed by atoms with Crippen LogP contribution in [0, 0.1) is 0 Å². The monoisotopic (exact) mass is 374 g/mol. The largest absolute Gasteiger partial charge is 0.450 e. The van der Waals surface area contributed by atoms with Crippen LogP contribution in [0.4, 0.5) is 14.4 Å². The predicted octanol–water partition coefficient (Wildman–Crippen LogP) is -0.592. The summed E-state index contributed by atoms with van der Waals surface area (Å²) in [6.07, 6.45) is -4.36. The summed E-state index contributed by atoms with van der Waals surface area (Å²) in [5, 5.41) is 21.2. The van der Waals surface area contributed by atoms with Crippen LogP contribution < -0.4 is 5.32 Å². The molecule has 0 spiro atoms. The van der Waals surface area contributed by atoms with E-state index in [1.165, 1.54) is 0 Å². The summed E-state index contributed by atoms with van der Waals surface area (Å²) in [5.41, 5.74) is 0. The van der Waals surface area contributed by atoms with Gasteiger partial charge in [0, 0.05) is 6.42 Å². The maximum absolute atomic E-state index is 12.3. The Bertz CT molecular complexity index is 583. The van der Waals surface area contributed by atoms with Gasteiger partial charge in [0.15, 0.2) is 0 Å². The molecule has 2 aliphatic heterocycles. The number of ether oxygens (including phenoxy) is 3. The van der Waals surface area contributed by atoms with Gasteiger partial charge in [0.2, 0.25) is 5.96 Å². The highest BCUT2D eigenvalue weighted by Crippen LogP contribution is 2.25. The zero-order valence-corrected chi connectivity index (χ0v) is 14.5. The van der Waals surface area contributed by atoms with Crippen LogP contribution in [-0.2, 0) is 14.2 Å². The van der Waals surface area contributed by atoms with Gasteiger partial charge in [-0.25, -0.2) is 19.3 Å². The van der Waals surface area contributed by atoms with Crippen molar-refractivity contribution >= 4 is 24.2 Å². The summed E-state index contributed by atoms with van der Waals surface area (Å²) in [5.74, 6) is -0.333. The fourth-order valence-electron chi connectivity index (χ4n) is 2.48. The maximum Gasteiger partial charge on any atom is 0.418 e. The normalized spacial score (nSPS) is 25.8. The molecule has 1 fully saturated rings. The lowest BCUT2D eigenvalue weighted by molar-refractivity contribution is -0.0706. The van der Waals surface area contributed by atoms with Gasteiger partial charge in [-0.2, -0.15) is 4.99 Å². The first-order valence-corrected chi connectivity index (χ1v) is 8.12. The molecule has 146 valence electrons. The first-order chi connectivity index (χ1) is 12.4. The topological polar surface area (TPSA) is 150 Å². The second-order valence-corrected chi connectivity index (χ2v) is 5.42. The Hall–Kier alpha value is -2.44. The number of carbonyl (C=O) groups is 3. The van der Waals surface area contributed by atoms with Crippen LogP contribution in [-0.4, -0.2) is 89.1 Å². The van der Waals surface area contributed by atoms with Crippen molar-refractivity contribution in [1.82, 2.24) is 15.1 Å². The van der Waals surface area contributed by atoms with Crippen molar-refractivity contribution < 1.29 is 38.8 Å². The molecule has 2 aliphatic rings. The molecular formula is C14H22N4O8. The molecule has 2 heterocycles. The van der Waals surface area contributed by atoms with Crippen molar-refractivity contribution in [2.45, 2.75) is 38.7 Å². The number of hydrogen-bond donors (Lipinski definition) is 3. The highest BCUT2D eigenvalue weighted by Gasteiger charge is 2.42. The lowest BCUT2D eigenvalue weighted by Gasteiger charge is -2.35. The lowest BCUT2D eigenvalue weighted by Crippen LogP contribution is -2.58. The Morgan fingerprint density at radius 3 is 2.62 bits per heavy atom. The number of urea groups is 1. The van der Waals surface area contributed by atoms with Gasteiger partial charge in [0.05, 0.1) is 25.9 Å². The third-order valence-electron chi connectivity index (χ3n) is 3.71. The molecule has 4 amide bonds. The summed E-state index contributed by atoms with van der Waals surface area (Å²) in [7, 11) is 0. The van der Waals surface area contributed by atoms with Crippen molar-refractivity contribution in [2.75, 3.05) is 26.5 Å². The minimum absolute atomic E-state index is 0.0454. The zero-order chi connectivity index (χ0) is 19.3. The van der Waals surface area contributed by atoms with E-state index in [1.807, 2.05) is 0 Å². The Kier molecular flexibility index (Phi) is 6.71. The van der Waals surface area contributed by atoms with Crippen LogP contribution in [0.2, 0.25) is 0 Å². The summed E-state index contributed by atoms with van der Waals surface area (Å²) in [6, 6.07) is -0.784. The van der Waals surface area contributed by atoms with E-state index < -0.39 is 43.3 Å². The summed E-state index contributed by atoms with van der Waals surface area (Å²) in [6.45, 7) is 2.62. The van der Waals surface area contributed by atoms with Crippen LogP contribution in [0.5, 0.6) is 0 Å². The first-order valence-electron chi connectivity index (χ1n) is 8.12. The van der Waals surface area contributed by atoms with Gasteiger partial charge < -0.3 is 24.4 Å². The molecule has 12 heteroatoms. The molecule has 0 aromatic rings. The number of carbonyl (C=O) groups excluding carboxylic acids is 3. The fraction of sp³-hybridized carbons (Fsp3) is 0.714. The minimum Gasteiger partial charge on any atom is -0.450 e. The van der Waals surface area contributed by atoms with E-state index in [1.54, 1.807) is 13.8 Å². The molecule has 26 heavy (non-hydrogen) atoms. The smallest absolute Gasteiger partial charge is 0.418 e. The number of aliphatic hydroxyl groups is 2. The molecule has 0 bridgehead atoms. The summed E-state index contributed by atoms with van der Waals surface area (Å²) >= 11 is 0. The van der Waals surface area contributed by atoms with Crippen molar-refractivity contribution in [2.24, 2.45) is 4.99 Å². The van der Waals surface area contributed by atoms with Gasteiger partial charge >= 0.3 is 18.2 Å². The molecule has 3 N–H and O–H groups in total.